The molecule has 1 atom stereocenters. The van der Waals surface area contributed by atoms with E-state index in [-0.39, 0.29) is 24.4 Å². The molecule has 2 amide bonds. The van der Waals surface area contributed by atoms with Gasteiger partial charge in [-0.15, -0.1) is 0 Å². The average molecular weight is 545 g/mol. The number of fused-ring (bicyclic) bond motifs is 1. The van der Waals surface area contributed by atoms with Crippen molar-refractivity contribution in [1.82, 2.24) is 14.8 Å². The van der Waals surface area contributed by atoms with Crippen molar-refractivity contribution in [2.75, 3.05) is 31.0 Å². The lowest BCUT2D eigenvalue weighted by Gasteiger charge is -2.39. The van der Waals surface area contributed by atoms with E-state index in [2.05, 4.69) is 9.71 Å². The largest absolute Gasteiger partial charge is 0.450 e. The molecule has 9 nitrogen and oxygen atoms in total. The summed E-state index contributed by atoms with van der Waals surface area (Å²) in [6.07, 6.45) is 1.18. The number of amides is 2. The van der Waals surface area contributed by atoms with Crippen molar-refractivity contribution in [1.29, 1.82) is 0 Å². The summed E-state index contributed by atoms with van der Waals surface area (Å²) in [5.74, 6) is -0.177. The second-order valence-corrected chi connectivity index (χ2v) is 9.66. The molecule has 2 heterocycles. The van der Waals surface area contributed by atoms with Crippen LogP contribution in [-0.4, -0.2) is 67.5 Å². The smallest absolute Gasteiger partial charge is 0.409 e. The number of aromatic nitrogens is 1. The number of ether oxygens (including phenoxy) is 1. The van der Waals surface area contributed by atoms with E-state index >= 15 is 0 Å². The number of carbonyl (C=O) groups excluding carboxylic acids is 2. The van der Waals surface area contributed by atoms with E-state index in [9.17, 15) is 18.0 Å². The third kappa shape index (κ3) is 7.22. The van der Waals surface area contributed by atoms with Crippen LogP contribution in [0.5, 0.6) is 0 Å². The molecular formula is C28H40N4O5S. The van der Waals surface area contributed by atoms with Crippen LogP contribution in [0.3, 0.4) is 0 Å². The van der Waals surface area contributed by atoms with E-state index in [1.165, 1.54) is 6.07 Å². The zero-order chi connectivity index (χ0) is 28.3. The highest BCUT2D eigenvalue weighted by molar-refractivity contribution is 7.93. The van der Waals surface area contributed by atoms with Gasteiger partial charge in [-0.1, -0.05) is 45.9 Å². The van der Waals surface area contributed by atoms with Crippen molar-refractivity contribution < 1.29 is 24.2 Å². The number of nitrogens with one attached hydrogen (secondary N) is 1. The minimum atomic E-state index is -3.88. The predicted octanol–water partition coefficient (Wildman–Crippen LogP) is 5.64. The third-order valence-corrected chi connectivity index (χ3v) is 7.10. The van der Waals surface area contributed by atoms with Gasteiger partial charge in [0.2, 0.25) is 0 Å². The molecule has 208 valence electrons. The molecule has 10 heteroatoms. The van der Waals surface area contributed by atoms with Crippen LogP contribution >= 0.6 is 0 Å². The highest BCUT2D eigenvalue weighted by atomic mass is 32.2. The summed E-state index contributed by atoms with van der Waals surface area (Å²) in [7, 11) is -3.88. The van der Waals surface area contributed by atoms with Crippen LogP contribution in [0.2, 0.25) is 0 Å². The fourth-order valence-electron chi connectivity index (χ4n) is 3.99. The Morgan fingerprint density at radius 1 is 1.03 bits per heavy atom. The maximum Gasteiger partial charge on any atom is 0.409 e. The molecule has 2 aromatic carbocycles. The van der Waals surface area contributed by atoms with Crippen LogP contribution in [0.15, 0.2) is 65.7 Å². The fourth-order valence-corrected chi connectivity index (χ4v) is 5.23. The number of para-hydroxylation sites is 1. The lowest BCUT2D eigenvalue weighted by molar-refractivity contribution is 0.0423. The van der Waals surface area contributed by atoms with Crippen LogP contribution < -0.4 is 4.72 Å². The molecule has 0 spiro atoms. The van der Waals surface area contributed by atoms with Gasteiger partial charge in [-0.2, -0.15) is 0 Å². The number of rotatable bonds is 5. The van der Waals surface area contributed by atoms with E-state index in [4.69, 9.17) is 4.74 Å². The van der Waals surface area contributed by atoms with Gasteiger partial charge >= 0.3 is 6.09 Å². The quantitative estimate of drug-likeness (QED) is 0.445. The number of sulfonamides is 1. The number of piperazine rings is 1. The van der Waals surface area contributed by atoms with Crippen LogP contribution in [0.25, 0.3) is 10.9 Å². The minimum Gasteiger partial charge on any atom is -0.450 e. The van der Waals surface area contributed by atoms with E-state index in [0.29, 0.717) is 43.0 Å². The molecule has 1 saturated heterocycles. The van der Waals surface area contributed by atoms with Crippen LogP contribution in [0, 0.1) is 0 Å². The van der Waals surface area contributed by atoms with Crippen LogP contribution in [-0.2, 0) is 14.8 Å². The van der Waals surface area contributed by atoms with Gasteiger partial charge in [0.25, 0.3) is 15.9 Å². The fraction of sp³-hybridized carbons (Fsp3) is 0.393. The van der Waals surface area contributed by atoms with E-state index in [0.717, 1.165) is 5.39 Å². The zero-order valence-corrected chi connectivity index (χ0v) is 23.8. The Morgan fingerprint density at radius 2 is 1.68 bits per heavy atom. The average Bonchev–Trinajstić information content (AvgIpc) is 2.95. The SMILES string of the molecule is CC.CC.CCOC(=O)N1CCN(C(=O)c2ccc(NS(=O)(=O)c3cccc4cccnc34)cc2)[C@H](C)C1.[HH]. The number of pyridine rings is 1. The molecule has 0 aliphatic carbocycles. The molecule has 0 radical (unpaired) electrons. The number of nitrogens with zero attached hydrogens (tertiary/aromatic N) is 3. The number of benzene rings is 2. The van der Waals surface area contributed by atoms with E-state index in [1.54, 1.807) is 71.5 Å². The molecule has 1 N–H and O–H groups in total. The second kappa shape index (κ2) is 14.3. The first-order chi connectivity index (χ1) is 18.3. The van der Waals surface area contributed by atoms with Crippen molar-refractivity contribution in [3.05, 3.63) is 66.4 Å². The summed E-state index contributed by atoms with van der Waals surface area (Å²) in [5, 5.41) is 0.725. The van der Waals surface area contributed by atoms with Crippen LogP contribution in [0.1, 0.15) is 53.3 Å². The molecule has 3 aromatic rings. The Morgan fingerprint density at radius 3 is 2.32 bits per heavy atom. The standard InChI is InChI=1S/C24H26N4O5S.2C2H6.H2/c1-3-33-24(30)27-14-15-28(17(2)16-27)23(29)19-9-11-20(12-10-19)26-34(31,32)21-8-4-6-18-7-5-13-25-22(18)21;2*1-2;/h4-13,17,26H,3,14-16H2,1-2H3;2*1-2H3;1H/t17-;;;/m1.../s1. The van der Waals surface area contributed by atoms with Crippen molar-refractivity contribution in [3.63, 3.8) is 0 Å². The van der Waals surface area contributed by atoms with Crippen LogP contribution in [0.4, 0.5) is 10.5 Å². The lowest BCUT2D eigenvalue weighted by Crippen LogP contribution is -2.55. The molecular weight excluding hydrogens is 504 g/mol. The minimum absolute atomic E-state index is 0. The Labute approximate surface area is 227 Å². The summed E-state index contributed by atoms with van der Waals surface area (Å²) in [6.45, 7) is 13.1. The number of hydrogen-bond donors (Lipinski definition) is 1. The highest BCUT2D eigenvalue weighted by Gasteiger charge is 2.31. The maximum atomic E-state index is 13.0. The summed E-state index contributed by atoms with van der Waals surface area (Å²) < 4.78 is 33.6. The first-order valence-electron chi connectivity index (χ1n) is 13.0. The number of anilines is 1. The van der Waals surface area contributed by atoms with Gasteiger partial charge in [0.15, 0.2) is 0 Å². The summed E-state index contributed by atoms with van der Waals surface area (Å²) >= 11 is 0. The van der Waals surface area contributed by atoms with Crippen molar-refractivity contribution in [2.45, 2.75) is 52.5 Å². The van der Waals surface area contributed by atoms with Crippen molar-refractivity contribution >= 4 is 38.6 Å². The Balaban J connectivity index is 0.00000145. The van der Waals surface area contributed by atoms with Crippen molar-refractivity contribution in [2.24, 2.45) is 0 Å². The molecule has 1 aliphatic rings. The Kier molecular flexibility index (Phi) is 11.5. The predicted molar refractivity (Wildman–Crippen MR) is 153 cm³/mol. The molecule has 1 aromatic heterocycles. The molecule has 4 rings (SSSR count). The van der Waals surface area contributed by atoms with E-state index in [1.807, 2.05) is 34.6 Å². The molecule has 0 saturated carbocycles. The first-order valence-corrected chi connectivity index (χ1v) is 14.5. The third-order valence-electron chi connectivity index (χ3n) is 5.68. The van der Waals surface area contributed by atoms with Crippen molar-refractivity contribution in [3.8, 4) is 0 Å². The molecule has 38 heavy (non-hydrogen) atoms. The maximum absolute atomic E-state index is 13.0. The number of hydrogen-bond acceptors (Lipinski definition) is 6. The molecule has 1 aliphatic heterocycles. The molecule has 0 unspecified atom stereocenters. The van der Waals surface area contributed by atoms with E-state index < -0.39 is 10.0 Å². The normalized spacial score (nSPS) is 14.9. The van der Waals surface area contributed by atoms with Gasteiger partial charge in [0.1, 0.15) is 4.90 Å². The van der Waals surface area contributed by atoms with Gasteiger partial charge in [0.05, 0.1) is 12.1 Å². The highest BCUT2D eigenvalue weighted by Crippen LogP contribution is 2.24. The first kappa shape index (κ1) is 30.6. The summed E-state index contributed by atoms with van der Waals surface area (Å²) in [5.41, 5.74) is 1.16. The van der Waals surface area contributed by atoms with Gasteiger partial charge in [-0.3, -0.25) is 14.5 Å². The monoisotopic (exact) mass is 544 g/mol. The van der Waals surface area contributed by atoms with Gasteiger partial charge < -0.3 is 14.5 Å². The molecule has 0 bridgehead atoms. The van der Waals surface area contributed by atoms with Gasteiger partial charge in [-0.05, 0) is 50.2 Å². The summed E-state index contributed by atoms with van der Waals surface area (Å²) in [4.78, 5) is 32.6. The topological polar surface area (TPSA) is 109 Å². The Bertz CT molecular complexity index is 1310. The van der Waals surface area contributed by atoms with Gasteiger partial charge in [0, 0.05) is 49.9 Å². The summed E-state index contributed by atoms with van der Waals surface area (Å²) in [6, 6.07) is 14.6. The zero-order valence-electron chi connectivity index (χ0n) is 23.0. The van der Waals surface area contributed by atoms with Gasteiger partial charge in [-0.25, -0.2) is 13.2 Å². The lowest BCUT2D eigenvalue weighted by atomic mass is 10.1. The molecule has 1 fully saturated rings. The second-order valence-electron chi connectivity index (χ2n) is 8.01. The Hall–Kier alpha value is -3.66. The number of carbonyl (C=O) groups is 2.